The van der Waals surface area contributed by atoms with E-state index in [0.717, 1.165) is 9.44 Å². The highest BCUT2D eigenvalue weighted by atomic mass is 32.2. The number of hydrogen-bond donors (Lipinski definition) is 1. The first-order valence-corrected chi connectivity index (χ1v) is 12.4. The molecular weight excluding hydrogens is 478 g/mol. The molecule has 33 heavy (non-hydrogen) atoms. The van der Waals surface area contributed by atoms with Crippen LogP contribution in [-0.2, 0) is 11.3 Å². The maximum Gasteiger partial charge on any atom is 0.271 e. The number of aromatic nitrogens is 1. The third-order valence-corrected chi connectivity index (χ3v) is 7.30. The molecule has 1 N–H and O–H groups in total. The number of ketones is 1. The van der Waals surface area contributed by atoms with Crippen molar-refractivity contribution in [2.24, 2.45) is 5.92 Å². The van der Waals surface area contributed by atoms with E-state index < -0.39 is 17.2 Å². The minimum absolute atomic E-state index is 0.0187. The molecule has 1 saturated heterocycles. The number of aromatic hydroxyl groups is 1. The van der Waals surface area contributed by atoms with E-state index in [9.17, 15) is 24.8 Å². The summed E-state index contributed by atoms with van der Waals surface area (Å²) in [5.41, 5.74) is -0.593. The van der Waals surface area contributed by atoms with Gasteiger partial charge in [0.15, 0.2) is 5.78 Å². The second kappa shape index (κ2) is 10.5. The Morgan fingerprint density at radius 1 is 1.36 bits per heavy atom. The number of thiocarbonyl (C=S) groups is 1. The van der Waals surface area contributed by atoms with Crippen LogP contribution in [0.1, 0.15) is 53.1 Å². The molecular formula is C23H23N3O4S3. The van der Waals surface area contributed by atoms with Crippen LogP contribution in [0, 0.1) is 24.2 Å². The summed E-state index contributed by atoms with van der Waals surface area (Å²) >= 11 is 8.10. The summed E-state index contributed by atoms with van der Waals surface area (Å²) in [5, 5.41) is 22.0. The van der Waals surface area contributed by atoms with Crippen molar-refractivity contribution in [3.8, 4) is 11.9 Å². The quantitative estimate of drug-likeness (QED) is 0.326. The summed E-state index contributed by atoms with van der Waals surface area (Å²) in [4.78, 5) is 41.2. The SMILES string of the molecule is Cc1c(C(=O)CCCN2C(=O)/C(=C/c3cccs3)SC2=S)c(O)n(CC(C)C)c(=O)c1C#N. The summed E-state index contributed by atoms with van der Waals surface area (Å²) in [6, 6.07) is 5.68. The van der Waals surface area contributed by atoms with Gasteiger partial charge in [-0.3, -0.25) is 23.9 Å². The third kappa shape index (κ3) is 5.27. The zero-order chi connectivity index (χ0) is 24.3. The van der Waals surface area contributed by atoms with Crippen LogP contribution in [0.3, 0.4) is 0 Å². The molecule has 0 saturated carbocycles. The minimum atomic E-state index is -0.604. The van der Waals surface area contributed by atoms with Crippen molar-refractivity contribution in [2.45, 2.75) is 40.2 Å². The number of Topliss-reactive ketones (excluding diaryl/α,β-unsaturated/α-hetero) is 1. The topological polar surface area (TPSA) is 103 Å². The summed E-state index contributed by atoms with van der Waals surface area (Å²) in [5.74, 6) is -0.970. The molecule has 1 aliphatic heterocycles. The van der Waals surface area contributed by atoms with Gasteiger partial charge in [0.1, 0.15) is 16.0 Å². The van der Waals surface area contributed by atoms with Crippen molar-refractivity contribution in [3.63, 3.8) is 0 Å². The maximum absolute atomic E-state index is 13.0. The first-order chi connectivity index (χ1) is 15.6. The molecule has 2 aromatic rings. The van der Waals surface area contributed by atoms with Gasteiger partial charge >= 0.3 is 0 Å². The van der Waals surface area contributed by atoms with Gasteiger partial charge in [-0.25, -0.2) is 0 Å². The fraction of sp³-hybridized carbons (Fsp3) is 0.348. The Hall–Kier alpha value is -2.74. The molecule has 0 unspecified atom stereocenters. The number of amides is 1. The molecule has 172 valence electrons. The fourth-order valence-corrected chi connectivity index (χ4v) is 5.57. The normalized spacial score (nSPS) is 15.0. The van der Waals surface area contributed by atoms with Crippen molar-refractivity contribution >= 4 is 57.4 Å². The van der Waals surface area contributed by atoms with Gasteiger partial charge < -0.3 is 5.11 Å². The number of thiophene rings is 1. The van der Waals surface area contributed by atoms with Crippen LogP contribution < -0.4 is 5.56 Å². The molecule has 2 aromatic heterocycles. The Morgan fingerprint density at radius 2 is 2.09 bits per heavy atom. The van der Waals surface area contributed by atoms with E-state index in [2.05, 4.69) is 0 Å². The third-order valence-electron chi connectivity index (χ3n) is 5.10. The lowest BCUT2D eigenvalue weighted by Gasteiger charge is -2.17. The predicted molar refractivity (Wildman–Crippen MR) is 134 cm³/mol. The van der Waals surface area contributed by atoms with Crippen LogP contribution in [0.4, 0.5) is 0 Å². The zero-order valence-corrected chi connectivity index (χ0v) is 20.9. The Balaban J connectivity index is 1.75. The number of nitrogens with zero attached hydrogens (tertiary/aromatic N) is 3. The first-order valence-electron chi connectivity index (χ1n) is 10.3. The van der Waals surface area contributed by atoms with Crippen LogP contribution in [0.15, 0.2) is 27.2 Å². The summed E-state index contributed by atoms with van der Waals surface area (Å²) in [7, 11) is 0. The average molecular weight is 502 g/mol. The lowest BCUT2D eigenvalue weighted by Crippen LogP contribution is -2.30. The molecule has 1 amide bonds. The highest BCUT2D eigenvalue weighted by molar-refractivity contribution is 8.26. The van der Waals surface area contributed by atoms with Crippen molar-refractivity contribution in [3.05, 3.63) is 54.3 Å². The molecule has 1 fully saturated rings. The predicted octanol–water partition coefficient (Wildman–Crippen LogP) is 4.32. The van der Waals surface area contributed by atoms with Crippen molar-refractivity contribution in [2.75, 3.05) is 6.54 Å². The van der Waals surface area contributed by atoms with Crippen LogP contribution in [0.5, 0.6) is 5.88 Å². The summed E-state index contributed by atoms with van der Waals surface area (Å²) in [6.07, 6.45) is 2.15. The number of carbonyl (C=O) groups is 2. The van der Waals surface area contributed by atoms with Crippen LogP contribution in [-0.4, -0.2) is 37.1 Å². The van der Waals surface area contributed by atoms with E-state index in [0.29, 0.717) is 15.6 Å². The zero-order valence-electron chi connectivity index (χ0n) is 18.5. The monoisotopic (exact) mass is 501 g/mol. The summed E-state index contributed by atoms with van der Waals surface area (Å²) in [6.45, 7) is 5.68. The van der Waals surface area contributed by atoms with Gasteiger partial charge in [-0.1, -0.05) is 43.9 Å². The number of hydrogen-bond acceptors (Lipinski definition) is 8. The van der Waals surface area contributed by atoms with Crippen molar-refractivity contribution in [1.29, 1.82) is 5.26 Å². The molecule has 3 heterocycles. The maximum atomic E-state index is 13.0. The van der Waals surface area contributed by atoms with Crippen LogP contribution in [0.2, 0.25) is 0 Å². The second-order valence-electron chi connectivity index (χ2n) is 8.00. The van der Waals surface area contributed by atoms with Gasteiger partial charge in [0.25, 0.3) is 11.5 Å². The van der Waals surface area contributed by atoms with Crippen molar-refractivity contribution < 1.29 is 14.7 Å². The lowest BCUT2D eigenvalue weighted by molar-refractivity contribution is -0.122. The molecule has 1 aliphatic rings. The van der Waals surface area contributed by atoms with Crippen molar-refractivity contribution in [1.82, 2.24) is 9.47 Å². The minimum Gasteiger partial charge on any atom is -0.494 e. The lowest BCUT2D eigenvalue weighted by atomic mass is 9.98. The van der Waals surface area contributed by atoms with E-state index in [1.54, 1.807) is 6.08 Å². The molecule has 0 aliphatic carbocycles. The second-order valence-corrected chi connectivity index (χ2v) is 10.7. The Labute approximate surface area is 205 Å². The Morgan fingerprint density at radius 3 is 2.70 bits per heavy atom. The molecule has 0 radical (unpaired) electrons. The Kier molecular flexibility index (Phi) is 7.89. The van der Waals surface area contributed by atoms with Gasteiger partial charge in [-0.2, -0.15) is 5.26 Å². The van der Waals surface area contributed by atoms with Gasteiger partial charge in [-0.05, 0) is 42.3 Å². The Bertz CT molecular complexity index is 1240. The van der Waals surface area contributed by atoms with Gasteiger partial charge in [0.2, 0.25) is 5.88 Å². The molecule has 10 heteroatoms. The fourth-order valence-electron chi connectivity index (χ4n) is 3.54. The van der Waals surface area contributed by atoms with E-state index in [-0.39, 0.29) is 48.0 Å². The molecule has 0 spiro atoms. The molecule has 7 nitrogen and oxygen atoms in total. The van der Waals surface area contributed by atoms with Gasteiger partial charge in [0, 0.05) is 24.4 Å². The van der Waals surface area contributed by atoms with Gasteiger partial charge in [0.05, 0.1) is 10.5 Å². The molecule has 0 aromatic carbocycles. The first kappa shape index (κ1) is 24.9. The number of nitriles is 1. The van der Waals surface area contributed by atoms with E-state index in [4.69, 9.17) is 12.2 Å². The smallest absolute Gasteiger partial charge is 0.271 e. The van der Waals surface area contributed by atoms with Crippen LogP contribution in [0.25, 0.3) is 6.08 Å². The highest BCUT2D eigenvalue weighted by Crippen LogP contribution is 2.33. The standard InChI is InChI=1S/C23H23N3O4S3/c1-13(2)12-26-20(28)16(11-24)14(3)19(22(26)30)17(27)7-4-8-25-21(29)18(33-23(25)31)10-15-6-5-9-32-15/h5-6,9-10,13,30H,4,7-8,12H2,1-3H3/b18-10-. The number of thioether (sulfide) groups is 1. The van der Waals surface area contributed by atoms with Gasteiger partial charge in [-0.15, -0.1) is 11.3 Å². The average Bonchev–Trinajstić information content (AvgIpc) is 3.35. The highest BCUT2D eigenvalue weighted by Gasteiger charge is 2.32. The van der Waals surface area contributed by atoms with E-state index in [1.165, 1.54) is 34.9 Å². The largest absolute Gasteiger partial charge is 0.494 e. The van der Waals surface area contributed by atoms with E-state index >= 15 is 0 Å². The molecule has 0 atom stereocenters. The number of carbonyl (C=O) groups excluding carboxylic acids is 2. The molecule has 0 bridgehead atoms. The van der Waals surface area contributed by atoms with E-state index in [1.807, 2.05) is 37.4 Å². The summed E-state index contributed by atoms with van der Waals surface area (Å²) < 4.78 is 1.52. The molecule has 3 rings (SSSR count). The number of pyridine rings is 1. The van der Waals surface area contributed by atoms with Crippen LogP contribution >= 0.6 is 35.3 Å². The number of rotatable bonds is 8.